The van der Waals surface area contributed by atoms with Crippen LogP contribution in [0.25, 0.3) is 0 Å². The highest BCUT2D eigenvalue weighted by Crippen LogP contribution is 2.12. The number of alkyl carbamates (subject to hydrolysis) is 1. The molecule has 0 spiro atoms. The van der Waals surface area contributed by atoms with Gasteiger partial charge in [-0.2, -0.15) is 0 Å². The lowest BCUT2D eigenvalue weighted by molar-refractivity contribution is 0.0514. The number of carbonyl (C=O) groups excluding carboxylic acids is 1. The van der Waals surface area contributed by atoms with E-state index in [4.69, 9.17) is 4.74 Å². The van der Waals surface area contributed by atoms with Gasteiger partial charge in [-0.3, -0.25) is 0 Å². The van der Waals surface area contributed by atoms with Crippen LogP contribution in [0.2, 0.25) is 0 Å². The van der Waals surface area contributed by atoms with Gasteiger partial charge in [0.25, 0.3) is 0 Å². The van der Waals surface area contributed by atoms with Crippen LogP contribution in [-0.4, -0.2) is 31.3 Å². The monoisotopic (exact) mass is 300 g/mol. The van der Waals surface area contributed by atoms with E-state index in [2.05, 4.69) is 45.3 Å². The van der Waals surface area contributed by atoms with Gasteiger partial charge in [-0.25, -0.2) is 4.79 Å². The Morgan fingerprint density at radius 2 is 1.52 bits per heavy atom. The fourth-order valence-corrected chi connectivity index (χ4v) is 1.80. The van der Waals surface area contributed by atoms with E-state index in [1.807, 2.05) is 20.8 Å². The predicted molar refractivity (Wildman–Crippen MR) is 89.4 cm³/mol. The zero-order valence-electron chi connectivity index (χ0n) is 15.2. The Morgan fingerprint density at radius 1 is 0.952 bits per heavy atom. The van der Waals surface area contributed by atoms with Crippen LogP contribution in [0.5, 0.6) is 0 Å². The molecule has 4 heteroatoms. The quantitative estimate of drug-likeness (QED) is 0.719. The largest absolute Gasteiger partial charge is 0.444 e. The first-order valence-corrected chi connectivity index (χ1v) is 8.20. The number of hydrogen-bond acceptors (Lipinski definition) is 3. The number of hydrogen-bond donors (Lipinski definition) is 2. The molecule has 21 heavy (non-hydrogen) atoms. The normalized spacial score (nSPS) is 15.1. The molecular formula is C17H36N2O2. The molecule has 2 atom stereocenters. The van der Waals surface area contributed by atoms with E-state index in [9.17, 15) is 4.79 Å². The van der Waals surface area contributed by atoms with Gasteiger partial charge < -0.3 is 15.4 Å². The maximum atomic E-state index is 11.7. The summed E-state index contributed by atoms with van der Waals surface area (Å²) in [6, 6.07) is 0. The van der Waals surface area contributed by atoms with Gasteiger partial charge in [-0.15, -0.1) is 0 Å². The van der Waals surface area contributed by atoms with Crippen molar-refractivity contribution in [2.45, 2.75) is 61.0 Å². The molecule has 0 aromatic carbocycles. The minimum Gasteiger partial charge on any atom is -0.444 e. The highest BCUT2D eigenvalue weighted by molar-refractivity contribution is 5.67. The van der Waals surface area contributed by atoms with Crippen molar-refractivity contribution in [3.63, 3.8) is 0 Å². The first-order chi connectivity index (χ1) is 9.53. The van der Waals surface area contributed by atoms with Crippen LogP contribution in [0.15, 0.2) is 0 Å². The molecule has 2 unspecified atom stereocenters. The lowest BCUT2D eigenvalue weighted by Gasteiger charge is -2.25. The molecule has 0 rings (SSSR count). The van der Waals surface area contributed by atoms with E-state index in [-0.39, 0.29) is 6.09 Å². The van der Waals surface area contributed by atoms with Crippen molar-refractivity contribution in [3.8, 4) is 0 Å². The maximum absolute atomic E-state index is 11.7. The number of amides is 1. The van der Waals surface area contributed by atoms with E-state index < -0.39 is 5.60 Å². The third-order valence-electron chi connectivity index (χ3n) is 3.86. The minimum absolute atomic E-state index is 0.330. The van der Waals surface area contributed by atoms with Gasteiger partial charge >= 0.3 is 6.09 Å². The van der Waals surface area contributed by atoms with E-state index in [1.54, 1.807) is 0 Å². The standard InChI is InChI=1S/C17H36N2O2/c1-12(2)14(5)9-18-10-15(13(3)4)11-19-16(20)21-17(6,7)8/h12-15,18H,9-11H2,1-8H3,(H,19,20). The third kappa shape index (κ3) is 10.6. The van der Waals surface area contributed by atoms with E-state index >= 15 is 0 Å². The molecule has 0 heterocycles. The van der Waals surface area contributed by atoms with Crippen molar-refractivity contribution < 1.29 is 9.53 Å². The summed E-state index contributed by atoms with van der Waals surface area (Å²) < 4.78 is 5.27. The average Bonchev–Trinajstić information content (AvgIpc) is 2.30. The number of ether oxygens (including phenoxy) is 1. The van der Waals surface area contributed by atoms with Gasteiger partial charge in [0.15, 0.2) is 0 Å². The molecule has 0 aliphatic rings. The lowest BCUT2D eigenvalue weighted by atomic mass is 9.94. The molecule has 0 radical (unpaired) electrons. The second-order valence-electron chi connectivity index (χ2n) is 7.77. The Morgan fingerprint density at radius 3 is 1.95 bits per heavy atom. The van der Waals surface area contributed by atoms with Gasteiger partial charge in [0, 0.05) is 6.54 Å². The zero-order chi connectivity index (χ0) is 16.6. The fraction of sp³-hybridized carbons (Fsp3) is 0.941. The molecule has 126 valence electrons. The Bertz CT molecular complexity index is 296. The van der Waals surface area contributed by atoms with Crippen molar-refractivity contribution >= 4 is 6.09 Å². The summed E-state index contributed by atoms with van der Waals surface area (Å²) in [6.07, 6.45) is -0.330. The second-order valence-corrected chi connectivity index (χ2v) is 7.77. The van der Waals surface area contributed by atoms with Crippen molar-refractivity contribution in [1.29, 1.82) is 0 Å². The number of carbonyl (C=O) groups is 1. The van der Waals surface area contributed by atoms with Gasteiger partial charge in [0.05, 0.1) is 0 Å². The SMILES string of the molecule is CC(C)C(C)CNCC(CNC(=O)OC(C)(C)C)C(C)C. The first-order valence-electron chi connectivity index (χ1n) is 8.20. The maximum Gasteiger partial charge on any atom is 0.407 e. The van der Waals surface area contributed by atoms with Crippen molar-refractivity contribution in [3.05, 3.63) is 0 Å². The predicted octanol–water partition coefficient (Wildman–Crippen LogP) is 3.67. The van der Waals surface area contributed by atoms with Gasteiger partial charge in [0.1, 0.15) is 5.60 Å². The highest BCUT2D eigenvalue weighted by Gasteiger charge is 2.19. The van der Waals surface area contributed by atoms with Crippen molar-refractivity contribution in [2.24, 2.45) is 23.7 Å². The number of rotatable bonds is 8. The Hall–Kier alpha value is -0.770. The molecule has 0 fully saturated rings. The van der Waals surface area contributed by atoms with Gasteiger partial charge in [0.2, 0.25) is 0 Å². The molecule has 1 amide bonds. The van der Waals surface area contributed by atoms with Gasteiger partial charge in [-0.05, 0) is 57.5 Å². The molecule has 4 nitrogen and oxygen atoms in total. The van der Waals surface area contributed by atoms with E-state index in [1.165, 1.54) is 0 Å². The lowest BCUT2D eigenvalue weighted by Crippen LogP contribution is -2.40. The van der Waals surface area contributed by atoms with Crippen LogP contribution in [0.4, 0.5) is 4.79 Å². The zero-order valence-corrected chi connectivity index (χ0v) is 15.2. The Balaban J connectivity index is 4.11. The number of nitrogens with one attached hydrogen (secondary N) is 2. The Labute approximate surface area is 131 Å². The molecule has 0 aromatic rings. The molecule has 0 aliphatic carbocycles. The first kappa shape index (κ1) is 20.2. The molecule has 0 aromatic heterocycles. The van der Waals surface area contributed by atoms with Crippen LogP contribution in [0.1, 0.15) is 55.4 Å². The molecule has 2 N–H and O–H groups in total. The summed E-state index contributed by atoms with van der Waals surface area (Å²) in [6.45, 7) is 19.4. The summed E-state index contributed by atoms with van der Waals surface area (Å²) in [5.41, 5.74) is -0.442. The van der Waals surface area contributed by atoms with Crippen molar-refractivity contribution in [1.82, 2.24) is 10.6 Å². The summed E-state index contributed by atoms with van der Waals surface area (Å²) in [7, 11) is 0. The summed E-state index contributed by atoms with van der Waals surface area (Å²) >= 11 is 0. The van der Waals surface area contributed by atoms with Crippen LogP contribution < -0.4 is 10.6 Å². The molecule has 0 saturated carbocycles. The summed E-state index contributed by atoms with van der Waals surface area (Å²) in [4.78, 5) is 11.7. The smallest absolute Gasteiger partial charge is 0.407 e. The molecule has 0 saturated heterocycles. The van der Waals surface area contributed by atoms with Gasteiger partial charge in [-0.1, -0.05) is 34.6 Å². The summed E-state index contributed by atoms with van der Waals surface area (Å²) in [5, 5.41) is 6.41. The average molecular weight is 300 g/mol. The highest BCUT2D eigenvalue weighted by atomic mass is 16.6. The summed E-state index contributed by atoms with van der Waals surface area (Å²) in [5.74, 6) is 2.28. The molecule has 0 aliphatic heterocycles. The van der Waals surface area contributed by atoms with E-state index in [0.29, 0.717) is 30.2 Å². The van der Waals surface area contributed by atoms with Crippen molar-refractivity contribution in [2.75, 3.05) is 19.6 Å². The second kappa shape index (κ2) is 9.29. The van der Waals surface area contributed by atoms with E-state index in [0.717, 1.165) is 13.1 Å². The minimum atomic E-state index is -0.442. The van der Waals surface area contributed by atoms with Crippen LogP contribution >= 0.6 is 0 Å². The topological polar surface area (TPSA) is 50.4 Å². The molecular weight excluding hydrogens is 264 g/mol. The van der Waals surface area contributed by atoms with Crippen LogP contribution in [0.3, 0.4) is 0 Å². The third-order valence-corrected chi connectivity index (χ3v) is 3.86. The van der Waals surface area contributed by atoms with Crippen LogP contribution in [0, 0.1) is 23.7 Å². The molecule has 0 bridgehead atoms. The van der Waals surface area contributed by atoms with Crippen LogP contribution in [-0.2, 0) is 4.74 Å². The Kier molecular flexibility index (Phi) is 8.95. The fourth-order valence-electron chi connectivity index (χ4n) is 1.80.